The molecule has 0 radical (unpaired) electrons. The van der Waals surface area contributed by atoms with Gasteiger partial charge < -0.3 is 30.7 Å². The molecule has 0 aliphatic carbocycles. The lowest BCUT2D eigenvalue weighted by atomic mass is 10.0. The van der Waals surface area contributed by atoms with Gasteiger partial charge in [0.2, 0.25) is 11.7 Å². The van der Waals surface area contributed by atoms with Gasteiger partial charge in [0.05, 0.1) is 38.5 Å². The van der Waals surface area contributed by atoms with Gasteiger partial charge in [0, 0.05) is 42.6 Å². The van der Waals surface area contributed by atoms with Crippen molar-refractivity contribution in [2.24, 2.45) is 0 Å². The van der Waals surface area contributed by atoms with Gasteiger partial charge in [-0.3, -0.25) is 4.79 Å². The van der Waals surface area contributed by atoms with Crippen molar-refractivity contribution in [1.82, 2.24) is 21.3 Å². The molecule has 1 aromatic carbocycles. The standard InChI is InChI=1S/C23H31F5N4O4S/c24-17-13(18(25)20(27)21(28)19(17)26)11-29-5-7-35-9-10-36-8-6-30-16(33)4-2-1-3-15-22-14(12-37-15)31-23(34)32-22/h14-15,22,29H,1-12H2,(H,30,33)(H2,31,32,34). The van der Waals surface area contributed by atoms with Gasteiger partial charge >= 0.3 is 6.03 Å². The fourth-order valence-electron chi connectivity index (χ4n) is 4.11. The Balaban J connectivity index is 1.12. The molecule has 37 heavy (non-hydrogen) atoms. The number of ether oxygens (including phenoxy) is 2. The van der Waals surface area contributed by atoms with Gasteiger partial charge in [0.25, 0.3) is 0 Å². The van der Waals surface area contributed by atoms with Crippen LogP contribution in [0.3, 0.4) is 0 Å². The lowest BCUT2D eigenvalue weighted by Gasteiger charge is -2.16. The van der Waals surface area contributed by atoms with Gasteiger partial charge in [-0.25, -0.2) is 26.7 Å². The van der Waals surface area contributed by atoms with E-state index < -0.39 is 41.2 Å². The molecule has 0 saturated carbocycles. The fourth-order valence-corrected chi connectivity index (χ4v) is 5.65. The van der Waals surface area contributed by atoms with E-state index in [0.29, 0.717) is 24.8 Å². The Morgan fingerprint density at radius 3 is 2.24 bits per heavy atom. The van der Waals surface area contributed by atoms with E-state index in [1.807, 2.05) is 11.8 Å². The summed E-state index contributed by atoms with van der Waals surface area (Å²) in [6.07, 6.45) is 3.07. The quantitative estimate of drug-likeness (QED) is 0.0824. The summed E-state index contributed by atoms with van der Waals surface area (Å²) in [6, 6.07) is 0.283. The molecule has 4 N–H and O–H groups in total. The molecule has 208 valence electrons. The summed E-state index contributed by atoms with van der Waals surface area (Å²) in [5, 5.41) is 11.6. The molecule has 3 rings (SSSR count). The SMILES string of the molecule is O=C(CCCCC1SCC2NC(=O)NC21)NCCOCCOCCNCc1c(F)c(F)c(F)c(F)c1F. The van der Waals surface area contributed by atoms with Crippen molar-refractivity contribution in [3.05, 3.63) is 34.6 Å². The lowest BCUT2D eigenvalue weighted by Crippen LogP contribution is -2.36. The number of unbranched alkanes of at least 4 members (excludes halogenated alkanes) is 1. The number of halogens is 5. The van der Waals surface area contributed by atoms with Crippen molar-refractivity contribution in [3.63, 3.8) is 0 Å². The first-order valence-electron chi connectivity index (χ1n) is 12.1. The van der Waals surface area contributed by atoms with E-state index in [9.17, 15) is 31.5 Å². The van der Waals surface area contributed by atoms with Crippen LogP contribution < -0.4 is 21.3 Å². The Kier molecular flexibility index (Phi) is 11.7. The van der Waals surface area contributed by atoms with Crippen molar-refractivity contribution < 1.29 is 41.0 Å². The number of benzene rings is 1. The molecule has 8 nitrogen and oxygen atoms in total. The maximum atomic E-state index is 13.6. The van der Waals surface area contributed by atoms with E-state index in [4.69, 9.17) is 9.47 Å². The molecule has 0 aromatic heterocycles. The number of carbonyl (C=O) groups is 2. The highest BCUT2D eigenvalue weighted by molar-refractivity contribution is 8.00. The Hall–Kier alpha value is -2.16. The third kappa shape index (κ3) is 8.42. The summed E-state index contributed by atoms with van der Waals surface area (Å²) in [4.78, 5) is 23.3. The molecule has 14 heteroatoms. The highest BCUT2D eigenvalue weighted by Crippen LogP contribution is 2.33. The van der Waals surface area contributed by atoms with Crippen LogP contribution in [-0.2, 0) is 20.8 Å². The predicted octanol–water partition coefficient (Wildman–Crippen LogP) is 2.35. The van der Waals surface area contributed by atoms with E-state index in [1.54, 1.807) is 0 Å². The van der Waals surface area contributed by atoms with Crippen LogP contribution in [0, 0.1) is 29.1 Å². The molecular weight excluding hydrogens is 523 g/mol. The van der Waals surface area contributed by atoms with Crippen LogP contribution in [0.2, 0.25) is 0 Å². The van der Waals surface area contributed by atoms with Crippen LogP contribution in [0.15, 0.2) is 0 Å². The minimum Gasteiger partial charge on any atom is -0.378 e. The molecule has 2 aliphatic rings. The second kappa shape index (κ2) is 14.7. The number of amides is 3. The Morgan fingerprint density at radius 1 is 0.892 bits per heavy atom. The van der Waals surface area contributed by atoms with Crippen molar-refractivity contribution >= 4 is 23.7 Å². The number of hydrogen-bond donors (Lipinski definition) is 4. The van der Waals surface area contributed by atoms with E-state index in [2.05, 4.69) is 21.3 Å². The Bertz CT molecular complexity index is 916. The smallest absolute Gasteiger partial charge is 0.315 e. The first-order chi connectivity index (χ1) is 17.8. The van der Waals surface area contributed by atoms with E-state index >= 15 is 0 Å². The third-order valence-electron chi connectivity index (χ3n) is 6.05. The van der Waals surface area contributed by atoms with E-state index in [0.717, 1.165) is 25.0 Å². The number of thioether (sulfide) groups is 1. The average molecular weight is 555 g/mol. The average Bonchev–Trinajstić information content (AvgIpc) is 3.43. The molecule has 0 spiro atoms. The van der Waals surface area contributed by atoms with Crippen LogP contribution in [0.1, 0.15) is 31.2 Å². The normalized spacial score (nSPS) is 20.6. The summed E-state index contributed by atoms with van der Waals surface area (Å²) in [7, 11) is 0. The minimum atomic E-state index is -2.19. The van der Waals surface area contributed by atoms with E-state index in [1.165, 1.54) is 0 Å². The van der Waals surface area contributed by atoms with Gasteiger partial charge in [-0.1, -0.05) is 6.42 Å². The second-order valence-electron chi connectivity index (χ2n) is 8.67. The molecule has 2 fully saturated rings. The molecule has 3 unspecified atom stereocenters. The topological polar surface area (TPSA) is 101 Å². The van der Waals surface area contributed by atoms with Crippen LogP contribution >= 0.6 is 11.8 Å². The fraction of sp³-hybridized carbons (Fsp3) is 0.652. The van der Waals surface area contributed by atoms with Crippen molar-refractivity contribution in [2.45, 2.75) is 49.6 Å². The first kappa shape index (κ1) is 29.4. The van der Waals surface area contributed by atoms with Gasteiger partial charge in [-0.15, -0.1) is 0 Å². The van der Waals surface area contributed by atoms with Crippen LogP contribution in [0.4, 0.5) is 26.7 Å². The highest BCUT2D eigenvalue weighted by Gasteiger charge is 2.42. The van der Waals surface area contributed by atoms with Crippen LogP contribution in [0.25, 0.3) is 0 Å². The highest BCUT2D eigenvalue weighted by atomic mass is 32.2. The first-order valence-corrected chi connectivity index (χ1v) is 13.2. The number of fused-ring (bicyclic) bond motifs is 1. The monoisotopic (exact) mass is 554 g/mol. The van der Waals surface area contributed by atoms with Crippen molar-refractivity contribution in [1.29, 1.82) is 0 Å². The largest absolute Gasteiger partial charge is 0.378 e. The summed E-state index contributed by atoms with van der Waals surface area (Å²) >= 11 is 1.85. The van der Waals surface area contributed by atoms with Crippen LogP contribution in [-0.4, -0.2) is 74.5 Å². The number of nitrogens with one attached hydrogen (secondary N) is 4. The van der Waals surface area contributed by atoms with E-state index in [-0.39, 0.29) is 50.4 Å². The minimum absolute atomic E-state index is 0.0486. The molecule has 1 aromatic rings. The van der Waals surface area contributed by atoms with Crippen molar-refractivity contribution in [2.75, 3.05) is 45.3 Å². The second-order valence-corrected chi connectivity index (χ2v) is 9.94. The predicted molar refractivity (Wildman–Crippen MR) is 127 cm³/mol. The molecule has 0 bridgehead atoms. The molecule has 2 heterocycles. The zero-order valence-electron chi connectivity index (χ0n) is 20.1. The van der Waals surface area contributed by atoms with Gasteiger partial charge in [-0.05, 0) is 12.8 Å². The zero-order valence-corrected chi connectivity index (χ0v) is 21.0. The molecule has 2 aliphatic heterocycles. The number of rotatable bonds is 16. The number of urea groups is 1. The van der Waals surface area contributed by atoms with Gasteiger partial charge in [0.1, 0.15) is 0 Å². The third-order valence-corrected chi connectivity index (χ3v) is 7.56. The number of carbonyl (C=O) groups excluding carboxylic acids is 2. The summed E-state index contributed by atoms with van der Waals surface area (Å²) < 4.78 is 77.1. The molecule has 3 atom stereocenters. The molecular formula is C23H31F5N4O4S. The maximum Gasteiger partial charge on any atom is 0.315 e. The Labute approximate surface area is 215 Å². The van der Waals surface area contributed by atoms with Crippen molar-refractivity contribution in [3.8, 4) is 0 Å². The summed E-state index contributed by atoms with van der Waals surface area (Å²) in [5.41, 5.74) is -0.927. The maximum absolute atomic E-state index is 13.6. The molecule has 3 amide bonds. The van der Waals surface area contributed by atoms with Crippen LogP contribution in [0.5, 0.6) is 0 Å². The summed E-state index contributed by atoms with van der Waals surface area (Å²) in [5.74, 6) is -8.98. The molecule has 2 saturated heterocycles. The summed E-state index contributed by atoms with van der Waals surface area (Å²) in [6.45, 7) is 0.891. The zero-order chi connectivity index (χ0) is 26.8. The van der Waals surface area contributed by atoms with Gasteiger partial charge in [0.15, 0.2) is 23.3 Å². The van der Waals surface area contributed by atoms with Gasteiger partial charge in [-0.2, -0.15) is 11.8 Å². The Morgan fingerprint density at radius 2 is 1.54 bits per heavy atom. The lowest BCUT2D eigenvalue weighted by molar-refractivity contribution is -0.121. The number of hydrogen-bond acceptors (Lipinski definition) is 6.